The summed E-state index contributed by atoms with van der Waals surface area (Å²) in [5.41, 5.74) is 6.17. The second-order valence-corrected chi connectivity index (χ2v) is 3.68. The Morgan fingerprint density at radius 1 is 1.50 bits per heavy atom. The molecule has 0 unspecified atom stereocenters. The van der Waals surface area contributed by atoms with Crippen molar-refractivity contribution >= 4 is 11.7 Å². The van der Waals surface area contributed by atoms with Gasteiger partial charge in [-0.25, -0.2) is 4.79 Å². The summed E-state index contributed by atoms with van der Waals surface area (Å²) >= 11 is 0. The number of carbonyl (C=O) groups is 1. The fourth-order valence-corrected chi connectivity index (χ4v) is 1.52. The number of rotatable bonds is 5. The Hall–Kier alpha value is -2.50. The summed E-state index contributed by atoms with van der Waals surface area (Å²) in [7, 11) is 0. The molecule has 0 spiro atoms. The molecule has 0 radical (unpaired) electrons. The molecule has 0 saturated carbocycles. The van der Waals surface area contributed by atoms with Crippen LogP contribution in [0.2, 0.25) is 0 Å². The van der Waals surface area contributed by atoms with E-state index in [1.54, 1.807) is 17.1 Å². The van der Waals surface area contributed by atoms with Gasteiger partial charge in [0.25, 0.3) is 0 Å². The van der Waals surface area contributed by atoms with E-state index in [0.717, 1.165) is 0 Å². The van der Waals surface area contributed by atoms with Crippen LogP contribution in [-0.4, -0.2) is 27.5 Å². The number of nitrogens with zero attached hydrogens (tertiary/aromatic N) is 2. The molecule has 1 aromatic heterocycles. The zero-order valence-corrected chi connectivity index (χ0v) is 9.61. The molecule has 18 heavy (non-hydrogen) atoms. The quantitative estimate of drug-likeness (QED) is 0.776. The molecular weight excluding hydrogens is 234 g/mol. The fraction of sp³-hybridized carbons (Fsp3) is 0.167. The first-order chi connectivity index (χ1) is 8.66. The average molecular weight is 247 g/mol. The van der Waals surface area contributed by atoms with E-state index in [2.05, 4.69) is 5.10 Å². The predicted molar refractivity (Wildman–Crippen MR) is 65.5 cm³/mol. The molecule has 0 bridgehead atoms. The lowest BCUT2D eigenvalue weighted by atomic mass is 10.2. The molecule has 0 fully saturated rings. The van der Waals surface area contributed by atoms with Gasteiger partial charge in [-0.2, -0.15) is 5.10 Å². The van der Waals surface area contributed by atoms with E-state index >= 15 is 0 Å². The molecule has 1 heterocycles. The number of carboxylic acid groups (broad SMARTS) is 1. The minimum Gasteiger partial charge on any atom is -0.491 e. The summed E-state index contributed by atoms with van der Waals surface area (Å²) in [5.74, 6) is -0.765. The van der Waals surface area contributed by atoms with Gasteiger partial charge in [-0.1, -0.05) is 0 Å². The number of aromatic nitrogens is 2. The number of hydrogen-bond donors (Lipinski definition) is 2. The summed E-state index contributed by atoms with van der Waals surface area (Å²) in [5, 5.41) is 13.0. The van der Waals surface area contributed by atoms with Gasteiger partial charge in [-0.15, -0.1) is 0 Å². The van der Waals surface area contributed by atoms with E-state index in [9.17, 15) is 4.79 Å². The number of aromatic carboxylic acids is 1. The van der Waals surface area contributed by atoms with E-state index in [-0.39, 0.29) is 11.3 Å². The summed E-state index contributed by atoms with van der Waals surface area (Å²) in [6.45, 7) is 0.867. The summed E-state index contributed by atoms with van der Waals surface area (Å²) < 4.78 is 7.13. The Balaban J connectivity index is 2.03. The van der Waals surface area contributed by atoms with Crippen LogP contribution in [0.3, 0.4) is 0 Å². The largest absolute Gasteiger partial charge is 0.491 e. The number of ether oxygens (including phenoxy) is 1. The topological polar surface area (TPSA) is 90.4 Å². The zero-order chi connectivity index (χ0) is 13.0. The van der Waals surface area contributed by atoms with Crippen LogP contribution in [-0.2, 0) is 6.54 Å². The molecule has 6 heteroatoms. The number of nitrogens with two attached hydrogens (primary N) is 1. The highest BCUT2D eigenvalue weighted by atomic mass is 16.5. The zero-order valence-electron chi connectivity index (χ0n) is 9.61. The van der Waals surface area contributed by atoms with Crippen molar-refractivity contribution in [2.24, 2.45) is 0 Å². The average Bonchev–Trinajstić information content (AvgIpc) is 2.82. The van der Waals surface area contributed by atoms with Crippen LogP contribution in [0.5, 0.6) is 5.75 Å². The van der Waals surface area contributed by atoms with E-state index in [1.807, 2.05) is 6.07 Å². The molecular formula is C12H13N3O3. The first-order valence-corrected chi connectivity index (χ1v) is 5.40. The molecule has 0 atom stereocenters. The van der Waals surface area contributed by atoms with Gasteiger partial charge in [-0.3, -0.25) is 4.68 Å². The van der Waals surface area contributed by atoms with Gasteiger partial charge < -0.3 is 15.6 Å². The predicted octanol–water partition coefficient (Wildman–Crippen LogP) is 1.24. The maximum atomic E-state index is 11.0. The number of carboxylic acids is 1. The maximum Gasteiger partial charge on any atom is 0.339 e. The summed E-state index contributed by atoms with van der Waals surface area (Å²) in [6.07, 6.45) is 3.48. The third-order valence-corrected chi connectivity index (χ3v) is 2.37. The summed E-state index contributed by atoms with van der Waals surface area (Å²) in [4.78, 5) is 11.0. The van der Waals surface area contributed by atoms with Gasteiger partial charge in [0.2, 0.25) is 0 Å². The SMILES string of the molecule is Nc1ccc(C(=O)O)c(OCCn2cccn2)c1. The Morgan fingerprint density at radius 3 is 3.00 bits per heavy atom. The molecule has 2 aromatic rings. The Kier molecular flexibility index (Phi) is 3.47. The standard InChI is InChI=1S/C12H13N3O3/c13-9-2-3-10(12(16)17)11(8-9)18-7-6-15-5-1-4-14-15/h1-5,8H,6-7,13H2,(H,16,17). The minimum atomic E-state index is -1.04. The third-order valence-electron chi connectivity index (χ3n) is 2.37. The molecule has 1 aromatic carbocycles. The first-order valence-electron chi connectivity index (χ1n) is 5.40. The van der Waals surface area contributed by atoms with E-state index in [1.165, 1.54) is 18.2 Å². The van der Waals surface area contributed by atoms with Crippen molar-refractivity contribution in [1.82, 2.24) is 9.78 Å². The molecule has 0 saturated heterocycles. The fourth-order valence-electron chi connectivity index (χ4n) is 1.52. The van der Waals surface area contributed by atoms with Gasteiger partial charge in [0.05, 0.1) is 6.54 Å². The first kappa shape index (κ1) is 12.0. The van der Waals surface area contributed by atoms with Gasteiger partial charge in [0.1, 0.15) is 17.9 Å². The third kappa shape index (κ3) is 2.79. The molecule has 0 aliphatic heterocycles. The molecule has 3 N–H and O–H groups in total. The van der Waals surface area contributed by atoms with Crippen LogP contribution < -0.4 is 10.5 Å². The smallest absolute Gasteiger partial charge is 0.339 e. The second-order valence-electron chi connectivity index (χ2n) is 3.68. The van der Waals surface area contributed by atoms with Crippen molar-refractivity contribution in [3.8, 4) is 5.75 Å². The highest BCUT2D eigenvalue weighted by molar-refractivity contribution is 5.91. The molecule has 0 aliphatic rings. The maximum absolute atomic E-state index is 11.0. The van der Waals surface area contributed by atoms with Crippen LogP contribution in [0.4, 0.5) is 5.69 Å². The molecule has 94 valence electrons. The van der Waals surface area contributed by atoms with Crippen LogP contribution in [0.25, 0.3) is 0 Å². The van der Waals surface area contributed by atoms with Gasteiger partial charge in [-0.05, 0) is 18.2 Å². The Morgan fingerprint density at radius 2 is 2.33 bits per heavy atom. The van der Waals surface area contributed by atoms with Crippen LogP contribution >= 0.6 is 0 Å². The van der Waals surface area contributed by atoms with Crippen LogP contribution in [0.15, 0.2) is 36.7 Å². The minimum absolute atomic E-state index is 0.102. The van der Waals surface area contributed by atoms with Crippen molar-refractivity contribution in [1.29, 1.82) is 0 Å². The second kappa shape index (κ2) is 5.22. The number of anilines is 1. The summed E-state index contributed by atoms with van der Waals surface area (Å²) in [6, 6.07) is 6.28. The highest BCUT2D eigenvalue weighted by Crippen LogP contribution is 2.21. The van der Waals surface area contributed by atoms with Gasteiger partial charge in [0.15, 0.2) is 0 Å². The lowest BCUT2D eigenvalue weighted by Gasteiger charge is -2.09. The Labute approximate surface area is 104 Å². The normalized spacial score (nSPS) is 10.2. The Bertz CT molecular complexity index is 538. The number of hydrogen-bond acceptors (Lipinski definition) is 4. The number of benzene rings is 1. The molecule has 0 aliphatic carbocycles. The van der Waals surface area contributed by atoms with E-state index in [4.69, 9.17) is 15.6 Å². The van der Waals surface area contributed by atoms with Crippen LogP contribution in [0.1, 0.15) is 10.4 Å². The van der Waals surface area contributed by atoms with Gasteiger partial charge in [0, 0.05) is 24.1 Å². The van der Waals surface area contributed by atoms with Crippen molar-refractivity contribution in [2.45, 2.75) is 6.54 Å². The highest BCUT2D eigenvalue weighted by Gasteiger charge is 2.11. The van der Waals surface area contributed by atoms with Crippen molar-refractivity contribution in [3.05, 3.63) is 42.2 Å². The van der Waals surface area contributed by atoms with Gasteiger partial charge >= 0.3 is 5.97 Å². The molecule has 2 rings (SSSR count). The molecule has 0 amide bonds. The lowest BCUT2D eigenvalue weighted by molar-refractivity contribution is 0.0692. The lowest BCUT2D eigenvalue weighted by Crippen LogP contribution is -2.11. The van der Waals surface area contributed by atoms with Crippen molar-refractivity contribution < 1.29 is 14.6 Å². The monoisotopic (exact) mass is 247 g/mol. The molecule has 6 nitrogen and oxygen atoms in total. The van der Waals surface area contributed by atoms with E-state index < -0.39 is 5.97 Å². The number of nitrogen functional groups attached to an aromatic ring is 1. The van der Waals surface area contributed by atoms with E-state index in [0.29, 0.717) is 18.8 Å². The van der Waals surface area contributed by atoms with Crippen LogP contribution in [0, 0.1) is 0 Å². The van der Waals surface area contributed by atoms with Crippen molar-refractivity contribution in [2.75, 3.05) is 12.3 Å². The van der Waals surface area contributed by atoms with Crippen molar-refractivity contribution in [3.63, 3.8) is 0 Å².